The molecule has 1 aromatic rings. The van der Waals surface area contributed by atoms with Crippen LogP contribution in [0.5, 0.6) is 0 Å². The molecule has 1 aliphatic carbocycles. The van der Waals surface area contributed by atoms with Crippen molar-refractivity contribution in [3.05, 3.63) is 11.9 Å². The monoisotopic (exact) mass is 295 g/mol. The second kappa shape index (κ2) is 7.05. The minimum Gasteiger partial charge on any atom is -0.476 e. The number of nitrogens with one attached hydrogen (secondary N) is 1. The van der Waals surface area contributed by atoms with Gasteiger partial charge in [-0.15, -0.1) is 5.10 Å². The van der Waals surface area contributed by atoms with Crippen LogP contribution in [0.4, 0.5) is 4.79 Å². The van der Waals surface area contributed by atoms with Gasteiger partial charge in [0.25, 0.3) is 0 Å². The fourth-order valence-corrected chi connectivity index (χ4v) is 2.67. The summed E-state index contributed by atoms with van der Waals surface area (Å²) in [6.07, 6.45) is 5.87. The summed E-state index contributed by atoms with van der Waals surface area (Å²) in [6.45, 7) is 3.47. The molecular weight excluding hydrogens is 274 g/mol. The number of hydrogen-bond acceptors (Lipinski definition) is 4. The molecule has 1 fully saturated rings. The Kier molecular flexibility index (Phi) is 5.13. The number of carbonyl (C=O) groups excluding carboxylic acids is 1. The van der Waals surface area contributed by atoms with Crippen LogP contribution in [0.3, 0.4) is 0 Å². The third kappa shape index (κ3) is 3.93. The van der Waals surface area contributed by atoms with Crippen molar-refractivity contribution in [1.29, 1.82) is 0 Å². The van der Waals surface area contributed by atoms with Crippen LogP contribution in [0.2, 0.25) is 0 Å². The van der Waals surface area contributed by atoms with Crippen LogP contribution in [0.25, 0.3) is 0 Å². The largest absolute Gasteiger partial charge is 0.476 e. The zero-order valence-electron chi connectivity index (χ0n) is 12.2. The number of nitrogens with zero attached hydrogens (tertiary/aromatic N) is 4. The first-order valence-electron chi connectivity index (χ1n) is 7.29. The molecule has 0 aliphatic heterocycles. The first kappa shape index (κ1) is 15.3. The summed E-state index contributed by atoms with van der Waals surface area (Å²) >= 11 is 0. The average molecular weight is 295 g/mol. The van der Waals surface area contributed by atoms with Gasteiger partial charge in [0.2, 0.25) is 0 Å². The number of rotatable bonds is 6. The molecule has 2 amide bonds. The van der Waals surface area contributed by atoms with Crippen LogP contribution in [-0.4, -0.2) is 56.1 Å². The second-order valence-electron chi connectivity index (χ2n) is 5.13. The lowest BCUT2D eigenvalue weighted by Crippen LogP contribution is -2.45. The number of carbonyl (C=O) groups is 2. The number of aromatic nitrogens is 3. The van der Waals surface area contributed by atoms with Crippen LogP contribution < -0.4 is 5.32 Å². The number of amides is 2. The van der Waals surface area contributed by atoms with Gasteiger partial charge in [0.1, 0.15) is 0 Å². The van der Waals surface area contributed by atoms with Crippen molar-refractivity contribution in [2.24, 2.45) is 0 Å². The van der Waals surface area contributed by atoms with E-state index >= 15 is 0 Å². The molecule has 2 rings (SSSR count). The highest BCUT2D eigenvalue weighted by Crippen LogP contribution is 2.23. The molecule has 0 radical (unpaired) electrons. The van der Waals surface area contributed by atoms with Crippen LogP contribution in [0.1, 0.15) is 43.1 Å². The molecule has 0 unspecified atom stereocenters. The van der Waals surface area contributed by atoms with Gasteiger partial charge < -0.3 is 15.3 Å². The zero-order valence-corrected chi connectivity index (χ0v) is 12.2. The van der Waals surface area contributed by atoms with E-state index in [4.69, 9.17) is 5.11 Å². The maximum atomic E-state index is 12.1. The van der Waals surface area contributed by atoms with E-state index in [1.807, 2.05) is 11.8 Å². The molecule has 0 aromatic carbocycles. The maximum Gasteiger partial charge on any atom is 0.358 e. The van der Waals surface area contributed by atoms with E-state index in [0.717, 1.165) is 12.8 Å². The predicted octanol–water partition coefficient (Wildman–Crippen LogP) is 0.950. The highest BCUT2D eigenvalue weighted by Gasteiger charge is 2.24. The molecule has 8 heteroatoms. The van der Waals surface area contributed by atoms with Gasteiger partial charge in [0, 0.05) is 19.1 Å². The SMILES string of the molecule is CCN(C(=O)NCCn1cc(C(=O)O)nn1)C1CCCC1. The second-order valence-corrected chi connectivity index (χ2v) is 5.13. The Morgan fingerprint density at radius 2 is 2.19 bits per heavy atom. The van der Waals surface area contributed by atoms with E-state index in [1.54, 1.807) is 0 Å². The molecule has 0 bridgehead atoms. The van der Waals surface area contributed by atoms with E-state index in [2.05, 4.69) is 15.6 Å². The lowest BCUT2D eigenvalue weighted by atomic mass is 10.2. The van der Waals surface area contributed by atoms with Gasteiger partial charge in [0.15, 0.2) is 5.69 Å². The molecule has 1 aromatic heterocycles. The summed E-state index contributed by atoms with van der Waals surface area (Å²) in [5.41, 5.74) is -0.0949. The highest BCUT2D eigenvalue weighted by atomic mass is 16.4. The first-order valence-corrected chi connectivity index (χ1v) is 7.29. The van der Waals surface area contributed by atoms with Crippen LogP contribution in [0, 0.1) is 0 Å². The predicted molar refractivity (Wildman–Crippen MR) is 75.0 cm³/mol. The summed E-state index contributed by atoms with van der Waals surface area (Å²) < 4.78 is 1.41. The first-order chi connectivity index (χ1) is 10.1. The smallest absolute Gasteiger partial charge is 0.358 e. The van der Waals surface area contributed by atoms with Gasteiger partial charge in [0.05, 0.1) is 12.7 Å². The van der Waals surface area contributed by atoms with Crippen molar-refractivity contribution >= 4 is 12.0 Å². The number of carboxylic acids is 1. The van der Waals surface area contributed by atoms with Gasteiger partial charge in [-0.1, -0.05) is 18.1 Å². The van der Waals surface area contributed by atoms with Crippen molar-refractivity contribution in [1.82, 2.24) is 25.2 Å². The molecule has 0 saturated heterocycles. The summed E-state index contributed by atoms with van der Waals surface area (Å²) in [5.74, 6) is -1.11. The lowest BCUT2D eigenvalue weighted by Gasteiger charge is -2.27. The Labute approximate surface area is 123 Å². The van der Waals surface area contributed by atoms with Gasteiger partial charge in [-0.3, -0.25) is 0 Å². The van der Waals surface area contributed by atoms with Crippen molar-refractivity contribution in [3.8, 4) is 0 Å². The lowest BCUT2D eigenvalue weighted by molar-refractivity contribution is 0.0690. The van der Waals surface area contributed by atoms with Crippen LogP contribution in [-0.2, 0) is 6.54 Å². The van der Waals surface area contributed by atoms with Crippen molar-refractivity contribution in [2.45, 2.75) is 45.2 Å². The fraction of sp³-hybridized carbons (Fsp3) is 0.692. The van der Waals surface area contributed by atoms with Crippen molar-refractivity contribution in [3.63, 3.8) is 0 Å². The minimum absolute atomic E-state index is 0.0667. The summed E-state index contributed by atoms with van der Waals surface area (Å²) in [5, 5.41) is 18.8. The van der Waals surface area contributed by atoms with Crippen LogP contribution in [0.15, 0.2) is 6.20 Å². The number of hydrogen-bond donors (Lipinski definition) is 2. The Morgan fingerprint density at radius 1 is 1.48 bits per heavy atom. The molecule has 1 aliphatic rings. The Balaban J connectivity index is 1.78. The van der Waals surface area contributed by atoms with E-state index in [9.17, 15) is 9.59 Å². The van der Waals surface area contributed by atoms with Crippen LogP contribution >= 0.6 is 0 Å². The topological polar surface area (TPSA) is 100 Å². The Bertz CT molecular complexity index is 496. The molecule has 1 heterocycles. The van der Waals surface area contributed by atoms with Gasteiger partial charge in [-0.25, -0.2) is 14.3 Å². The van der Waals surface area contributed by atoms with Crippen molar-refractivity contribution in [2.75, 3.05) is 13.1 Å². The van der Waals surface area contributed by atoms with Gasteiger partial charge in [-0.05, 0) is 19.8 Å². The van der Waals surface area contributed by atoms with E-state index < -0.39 is 5.97 Å². The quantitative estimate of drug-likeness (QED) is 0.814. The van der Waals surface area contributed by atoms with Gasteiger partial charge >= 0.3 is 12.0 Å². The average Bonchev–Trinajstić information content (AvgIpc) is 3.10. The molecular formula is C13H21N5O3. The van der Waals surface area contributed by atoms with E-state index in [-0.39, 0.29) is 11.7 Å². The molecule has 1 saturated carbocycles. The minimum atomic E-state index is -1.11. The highest BCUT2D eigenvalue weighted by molar-refractivity contribution is 5.84. The summed E-state index contributed by atoms with van der Waals surface area (Å²) in [7, 11) is 0. The standard InChI is InChI=1S/C13H21N5O3/c1-2-18(10-5-3-4-6-10)13(21)14-7-8-17-9-11(12(19)20)15-16-17/h9-10H,2-8H2,1H3,(H,14,21)(H,19,20). The van der Waals surface area contributed by atoms with Gasteiger partial charge in [-0.2, -0.15) is 0 Å². The molecule has 116 valence electrons. The molecule has 2 N–H and O–H groups in total. The normalized spacial score (nSPS) is 15.1. The maximum absolute atomic E-state index is 12.1. The fourth-order valence-electron chi connectivity index (χ4n) is 2.67. The van der Waals surface area contributed by atoms with E-state index in [1.165, 1.54) is 23.7 Å². The summed E-state index contributed by atoms with van der Waals surface area (Å²) in [4.78, 5) is 24.7. The number of aromatic carboxylic acids is 1. The van der Waals surface area contributed by atoms with E-state index in [0.29, 0.717) is 25.7 Å². The third-order valence-corrected chi connectivity index (χ3v) is 3.74. The molecule has 0 atom stereocenters. The summed E-state index contributed by atoms with van der Waals surface area (Å²) in [6, 6.07) is 0.281. The molecule has 8 nitrogen and oxygen atoms in total. The Hall–Kier alpha value is -2.12. The van der Waals surface area contributed by atoms with Crippen molar-refractivity contribution < 1.29 is 14.7 Å². The number of carboxylic acid groups (broad SMARTS) is 1. The molecule has 0 spiro atoms. The third-order valence-electron chi connectivity index (χ3n) is 3.74. The molecule has 21 heavy (non-hydrogen) atoms. The number of urea groups is 1. The Morgan fingerprint density at radius 3 is 2.76 bits per heavy atom. The zero-order chi connectivity index (χ0) is 15.2.